The molecule has 256 valence electrons. The lowest BCUT2D eigenvalue weighted by atomic mass is 9.95. The Morgan fingerprint density at radius 1 is 1.14 bits per heavy atom. The normalized spacial score (nSPS) is 19.4. The van der Waals surface area contributed by atoms with Gasteiger partial charge in [-0.2, -0.15) is 5.10 Å². The monoisotopic (exact) mass is 668 g/mol. The minimum Gasteiger partial charge on any atom is -0.380 e. The summed E-state index contributed by atoms with van der Waals surface area (Å²) < 4.78 is 43.4. The van der Waals surface area contributed by atoms with Crippen molar-refractivity contribution in [3.8, 4) is 0 Å². The van der Waals surface area contributed by atoms with Crippen LogP contribution in [0.4, 0.5) is 13.2 Å². The lowest BCUT2D eigenvalue weighted by Gasteiger charge is -2.31. The number of carbonyl (C=O) groups is 1. The predicted octanol–water partition coefficient (Wildman–Crippen LogP) is 8.07. The van der Waals surface area contributed by atoms with Gasteiger partial charge in [0, 0.05) is 37.3 Å². The van der Waals surface area contributed by atoms with Crippen molar-refractivity contribution < 1.29 is 18.0 Å². The lowest BCUT2D eigenvalue weighted by molar-refractivity contribution is 0.0136. The van der Waals surface area contributed by atoms with Gasteiger partial charge in [0.25, 0.3) is 11.8 Å². The first-order chi connectivity index (χ1) is 23.2. The topological polar surface area (TPSA) is 74.6 Å². The summed E-state index contributed by atoms with van der Waals surface area (Å²) in [6.45, 7) is 20.7. The number of hydrogen-bond donors (Lipinski definition) is 2. The van der Waals surface area contributed by atoms with Gasteiger partial charge in [0.05, 0.1) is 29.2 Å². The van der Waals surface area contributed by atoms with Crippen molar-refractivity contribution in [2.24, 2.45) is 0 Å². The summed E-state index contributed by atoms with van der Waals surface area (Å²) in [5.41, 5.74) is 9.17. The Hall–Kier alpha value is -4.86. The van der Waals surface area contributed by atoms with E-state index in [0.717, 1.165) is 73.2 Å². The summed E-state index contributed by atoms with van der Waals surface area (Å²) in [6, 6.07) is 5.35. The summed E-state index contributed by atoms with van der Waals surface area (Å²) in [4.78, 5) is 21.1. The molecule has 6 rings (SSSR count). The van der Waals surface area contributed by atoms with Crippen LogP contribution in [-0.4, -0.2) is 44.0 Å². The standard InChI is InChI=1S/C39H43F3N6O/c1-22(2)35-12-9-17-47(35)26(6)28-10-8-11-30-29(24(28)4)14-16-33(30)46-38(49)36-19-34(45-37-23(3)20-44-48(36)37)25(5)43-21-27-13-15-32(40)31(18-27)39(7,41)42/h8,11,13,15,18-20,33,35,43H,1,5-6,9-10,12,14,16-17,21H2,2-4,7H3,(H,46,49). The number of nitrogens with one attached hydrogen (secondary N) is 2. The number of amides is 1. The maximum atomic E-state index is 14.0. The highest BCUT2D eigenvalue weighted by Gasteiger charge is 2.33. The molecule has 7 nitrogen and oxygen atoms in total. The zero-order chi connectivity index (χ0) is 35.2. The molecule has 1 aromatic carbocycles. The second kappa shape index (κ2) is 13.2. The van der Waals surface area contributed by atoms with E-state index in [9.17, 15) is 18.0 Å². The largest absolute Gasteiger partial charge is 0.380 e. The van der Waals surface area contributed by atoms with Gasteiger partial charge in [-0.1, -0.05) is 43.5 Å². The fourth-order valence-electron chi connectivity index (χ4n) is 7.26. The average Bonchev–Trinajstić information content (AvgIpc) is 3.78. The van der Waals surface area contributed by atoms with Crippen LogP contribution in [0.5, 0.6) is 0 Å². The first-order valence-corrected chi connectivity index (χ1v) is 16.7. The van der Waals surface area contributed by atoms with Crippen molar-refractivity contribution in [3.05, 3.63) is 130 Å². The summed E-state index contributed by atoms with van der Waals surface area (Å²) in [5.74, 6) is -4.58. The molecule has 3 aromatic rings. The number of likely N-dealkylation sites (tertiary alicyclic amines) is 1. The average molecular weight is 669 g/mol. The van der Waals surface area contributed by atoms with E-state index in [-0.39, 0.29) is 18.5 Å². The summed E-state index contributed by atoms with van der Waals surface area (Å²) >= 11 is 0. The zero-order valence-corrected chi connectivity index (χ0v) is 28.6. The molecule has 2 aromatic heterocycles. The van der Waals surface area contributed by atoms with Gasteiger partial charge >= 0.3 is 0 Å². The number of rotatable bonds is 10. The Balaban J connectivity index is 1.23. The molecule has 0 spiro atoms. The van der Waals surface area contributed by atoms with E-state index < -0.39 is 17.3 Å². The molecule has 10 heteroatoms. The molecule has 3 heterocycles. The number of aryl methyl sites for hydroxylation is 1. The van der Waals surface area contributed by atoms with E-state index in [4.69, 9.17) is 0 Å². The molecule has 2 atom stereocenters. The number of aromatic nitrogens is 3. The van der Waals surface area contributed by atoms with Crippen LogP contribution in [0.3, 0.4) is 0 Å². The summed E-state index contributed by atoms with van der Waals surface area (Å²) in [5, 5.41) is 10.8. The highest BCUT2D eigenvalue weighted by molar-refractivity contribution is 5.94. The highest BCUT2D eigenvalue weighted by Crippen LogP contribution is 2.40. The van der Waals surface area contributed by atoms with Crippen LogP contribution in [0, 0.1) is 12.7 Å². The fourth-order valence-corrected chi connectivity index (χ4v) is 7.26. The van der Waals surface area contributed by atoms with E-state index in [2.05, 4.69) is 71.4 Å². The number of nitrogens with zero attached hydrogens (tertiary/aromatic N) is 4. The van der Waals surface area contributed by atoms with Crippen LogP contribution in [0.2, 0.25) is 0 Å². The Morgan fingerprint density at radius 2 is 1.92 bits per heavy atom. The van der Waals surface area contributed by atoms with Gasteiger partial charge in [-0.25, -0.2) is 22.7 Å². The molecule has 2 N–H and O–H groups in total. The zero-order valence-electron chi connectivity index (χ0n) is 28.6. The van der Waals surface area contributed by atoms with Crippen LogP contribution in [-0.2, 0) is 12.5 Å². The van der Waals surface area contributed by atoms with Crippen LogP contribution in [0.15, 0.2) is 95.9 Å². The van der Waals surface area contributed by atoms with Crippen LogP contribution < -0.4 is 10.6 Å². The van der Waals surface area contributed by atoms with E-state index in [1.165, 1.54) is 27.3 Å². The second-order valence-corrected chi connectivity index (χ2v) is 13.5. The van der Waals surface area contributed by atoms with E-state index in [0.29, 0.717) is 41.3 Å². The van der Waals surface area contributed by atoms with Crippen molar-refractivity contribution >= 4 is 17.3 Å². The number of carbonyl (C=O) groups excluding carboxylic acids is 1. The molecule has 0 saturated carbocycles. The van der Waals surface area contributed by atoms with Crippen molar-refractivity contribution in [2.75, 3.05) is 6.54 Å². The van der Waals surface area contributed by atoms with Gasteiger partial charge in [0.1, 0.15) is 11.5 Å². The third-order valence-electron chi connectivity index (χ3n) is 9.95. The maximum Gasteiger partial charge on any atom is 0.273 e. The van der Waals surface area contributed by atoms with Crippen molar-refractivity contribution in [2.45, 2.75) is 84.4 Å². The molecule has 3 aliphatic rings. The third-order valence-corrected chi connectivity index (χ3v) is 9.95. The molecule has 2 aliphatic carbocycles. The quantitative estimate of drug-likeness (QED) is 0.214. The van der Waals surface area contributed by atoms with Gasteiger partial charge in [0.2, 0.25) is 0 Å². The Kier molecular flexibility index (Phi) is 9.17. The summed E-state index contributed by atoms with van der Waals surface area (Å²) in [6.07, 6.45) is 10.6. The number of halogens is 3. The smallest absolute Gasteiger partial charge is 0.273 e. The van der Waals surface area contributed by atoms with Crippen LogP contribution in [0.1, 0.15) is 85.7 Å². The molecule has 49 heavy (non-hydrogen) atoms. The SMILES string of the molecule is C=C(NCc1ccc(F)c(C(C)(F)F)c1)c1cc(C(=O)NC2CCC3=C2C=CCC(C(=C)N2CCCC2C(=C)C)=C3C)n2ncc(C)c2n1. The Bertz CT molecular complexity index is 1980. The molecular formula is C39H43F3N6O. The van der Waals surface area contributed by atoms with Crippen molar-refractivity contribution in [1.29, 1.82) is 0 Å². The van der Waals surface area contributed by atoms with Gasteiger partial charge in [-0.15, -0.1) is 0 Å². The summed E-state index contributed by atoms with van der Waals surface area (Å²) in [7, 11) is 0. The highest BCUT2D eigenvalue weighted by atomic mass is 19.3. The molecule has 1 amide bonds. The number of hydrogen-bond acceptors (Lipinski definition) is 5. The van der Waals surface area contributed by atoms with Crippen LogP contribution in [0.25, 0.3) is 11.3 Å². The lowest BCUT2D eigenvalue weighted by Crippen LogP contribution is -2.35. The van der Waals surface area contributed by atoms with Crippen molar-refractivity contribution in [3.63, 3.8) is 0 Å². The molecule has 1 saturated heterocycles. The van der Waals surface area contributed by atoms with E-state index >= 15 is 0 Å². The maximum absolute atomic E-state index is 14.0. The van der Waals surface area contributed by atoms with E-state index in [1.807, 2.05) is 6.92 Å². The molecular weight excluding hydrogens is 625 g/mol. The molecule has 1 aliphatic heterocycles. The predicted molar refractivity (Wildman–Crippen MR) is 187 cm³/mol. The Morgan fingerprint density at radius 3 is 2.65 bits per heavy atom. The van der Waals surface area contributed by atoms with Crippen LogP contribution >= 0.6 is 0 Å². The first-order valence-electron chi connectivity index (χ1n) is 16.7. The fraction of sp³-hybridized carbons (Fsp3) is 0.359. The third kappa shape index (κ3) is 6.60. The Labute approximate surface area is 285 Å². The minimum absolute atomic E-state index is 0.104. The first kappa shape index (κ1) is 34.0. The van der Waals surface area contributed by atoms with Gasteiger partial charge in [-0.05, 0) is 98.9 Å². The number of benzene rings is 1. The molecule has 2 unspecified atom stereocenters. The van der Waals surface area contributed by atoms with E-state index in [1.54, 1.807) is 12.3 Å². The molecule has 1 fully saturated rings. The molecule has 0 bridgehead atoms. The number of alkyl halides is 2. The number of allylic oxidation sites excluding steroid dienone is 4. The van der Waals surface area contributed by atoms with Crippen molar-refractivity contribution in [1.82, 2.24) is 30.1 Å². The second-order valence-electron chi connectivity index (χ2n) is 13.5. The van der Waals surface area contributed by atoms with Gasteiger partial charge in [0.15, 0.2) is 5.65 Å². The van der Waals surface area contributed by atoms with Gasteiger partial charge in [-0.3, -0.25) is 4.79 Å². The molecule has 0 radical (unpaired) electrons. The number of fused-ring (bicyclic) bond motifs is 1. The minimum atomic E-state index is -3.32. The van der Waals surface area contributed by atoms with Gasteiger partial charge < -0.3 is 15.5 Å².